The van der Waals surface area contributed by atoms with E-state index in [1.165, 1.54) is 0 Å². The Morgan fingerprint density at radius 1 is 1.52 bits per heavy atom. The van der Waals surface area contributed by atoms with E-state index in [4.69, 9.17) is 16.3 Å². The number of carbonyl (C=O) groups excluding carboxylic acids is 1. The molecule has 4 nitrogen and oxygen atoms in total. The third-order valence-corrected chi connectivity index (χ3v) is 4.49. The molecule has 1 fully saturated rings. The van der Waals surface area contributed by atoms with E-state index in [9.17, 15) is 9.00 Å². The topological polar surface area (TPSA) is 55.4 Å². The number of amides is 1. The Kier molecular flexibility index (Phi) is 6.21. The molecule has 0 unspecified atom stereocenters. The second-order valence-electron chi connectivity index (χ2n) is 5.25. The van der Waals surface area contributed by atoms with E-state index in [2.05, 4.69) is 5.32 Å². The summed E-state index contributed by atoms with van der Waals surface area (Å²) >= 11 is 6.06. The third kappa shape index (κ3) is 5.41. The Hall–Kier alpha value is -0.910. The van der Waals surface area contributed by atoms with Gasteiger partial charge in [0.1, 0.15) is 0 Å². The molecule has 116 valence electrons. The first-order valence-corrected chi connectivity index (χ1v) is 9.15. The highest BCUT2D eigenvalue weighted by Gasteiger charge is 2.16. The van der Waals surface area contributed by atoms with Crippen molar-refractivity contribution in [2.75, 3.05) is 18.2 Å². The number of hydrogen-bond donors (Lipinski definition) is 1. The van der Waals surface area contributed by atoms with Crippen molar-refractivity contribution in [3.05, 3.63) is 28.8 Å². The van der Waals surface area contributed by atoms with E-state index in [0.717, 1.165) is 31.4 Å². The summed E-state index contributed by atoms with van der Waals surface area (Å²) < 4.78 is 16.8. The van der Waals surface area contributed by atoms with Crippen LogP contribution in [-0.4, -0.2) is 29.1 Å². The summed E-state index contributed by atoms with van der Waals surface area (Å²) in [5.41, 5.74) is 1.48. The molecule has 1 aliphatic rings. The van der Waals surface area contributed by atoms with Crippen LogP contribution in [0.4, 0.5) is 5.69 Å². The monoisotopic (exact) mass is 329 g/mol. The zero-order valence-corrected chi connectivity index (χ0v) is 13.6. The second kappa shape index (κ2) is 7.92. The Morgan fingerprint density at radius 3 is 3.00 bits per heavy atom. The lowest BCUT2D eigenvalue weighted by Crippen LogP contribution is -2.15. The molecule has 0 radical (unpaired) electrons. The van der Waals surface area contributed by atoms with Crippen LogP contribution in [0.25, 0.3) is 0 Å². The summed E-state index contributed by atoms with van der Waals surface area (Å²) in [5.74, 6) is 0.356. The van der Waals surface area contributed by atoms with Crippen LogP contribution in [0, 0.1) is 0 Å². The van der Waals surface area contributed by atoms with Gasteiger partial charge in [-0.1, -0.05) is 11.6 Å². The molecule has 1 amide bonds. The number of ether oxygens (including phenoxy) is 1. The van der Waals surface area contributed by atoms with Crippen molar-refractivity contribution in [3.8, 4) is 0 Å². The molecule has 0 bridgehead atoms. The number of nitrogens with one attached hydrogen (secondary N) is 1. The first-order valence-electron chi connectivity index (χ1n) is 7.04. The van der Waals surface area contributed by atoms with E-state index in [-0.39, 0.29) is 12.0 Å². The normalized spacial score (nSPS) is 19.4. The quantitative estimate of drug-likeness (QED) is 0.872. The molecule has 1 heterocycles. The molecule has 2 rings (SSSR count). The molecule has 0 aliphatic carbocycles. The van der Waals surface area contributed by atoms with Gasteiger partial charge in [0, 0.05) is 46.5 Å². The fourth-order valence-electron chi connectivity index (χ4n) is 2.37. The van der Waals surface area contributed by atoms with Crippen LogP contribution in [0.15, 0.2) is 18.2 Å². The van der Waals surface area contributed by atoms with E-state index in [1.54, 1.807) is 24.5 Å². The fourth-order valence-corrected chi connectivity index (χ4v) is 3.31. The largest absolute Gasteiger partial charge is 0.378 e. The smallest absolute Gasteiger partial charge is 0.224 e. The lowest BCUT2D eigenvalue weighted by Gasteiger charge is -2.11. The van der Waals surface area contributed by atoms with Crippen molar-refractivity contribution in [2.24, 2.45) is 0 Å². The Bertz CT molecular complexity index is 530. The summed E-state index contributed by atoms with van der Waals surface area (Å²) in [7, 11) is -0.967. The van der Waals surface area contributed by atoms with Crippen molar-refractivity contribution >= 4 is 34.0 Å². The number of hydrogen-bond acceptors (Lipinski definition) is 3. The second-order valence-corrected chi connectivity index (χ2v) is 7.09. The average molecular weight is 330 g/mol. The van der Waals surface area contributed by atoms with Crippen LogP contribution in [-0.2, 0) is 26.1 Å². The minimum atomic E-state index is -0.967. The van der Waals surface area contributed by atoms with Crippen LogP contribution in [0.1, 0.15) is 31.2 Å². The van der Waals surface area contributed by atoms with E-state index in [1.807, 2.05) is 0 Å². The number of benzene rings is 1. The predicted molar refractivity (Wildman–Crippen MR) is 86.1 cm³/mol. The van der Waals surface area contributed by atoms with Gasteiger partial charge in [0.15, 0.2) is 0 Å². The summed E-state index contributed by atoms with van der Waals surface area (Å²) in [6.07, 6.45) is 5.18. The predicted octanol–water partition coefficient (Wildman–Crippen LogP) is 3.12. The number of halogens is 1. The van der Waals surface area contributed by atoms with Crippen LogP contribution in [0.2, 0.25) is 5.02 Å². The van der Waals surface area contributed by atoms with E-state index >= 15 is 0 Å². The molecule has 6 heteroatoms. The van der Waals surface area contributed by atoms with Gasteiger partial charge in [-0.3, -0.25) is 9.00 Å². The van der Waals surface area contributed by atoms with Crippen molar-refractivity contribution < 1.29 is 13.7 Å². The number of anilines is 1. The summed E-state index contributed by atoms with van der Waals surface area (Å²) in [6, 6.07) is 5.27. The maximum Gasteiger partial charge on any atom is 0.224 e. The van der Waals surface area contributed by atoms with Gasteiger partial charge in [-0.2, -0.15) is 0 Å². The molecular weight excluding hydrogens is 310 g/mol. The van der Waals surface area contributed by atoms with Gasteiger partial charge in [-0.25, -0.2) is 0 Å². The number of rotatable bonds is 6. The standard InChI is InChI=1S/C15H20ClNO3S/c1-21(19)10-11-9-12(4-6-14(11)16)17-15(18)7-5-13-3-2-8-20-13/h4,6,9,13H,2-3,5,7-8,10H2,1H3,(H,17,18)/t13-,21+/m0/s1. The first-order chi connectivity index (χ1) is 10.0. The van der Waals surface area contributed by atoms with Crippen LogP contribution in [0.5, 0.6) is 0 Å². The van der Waals surface area contributed by atoms with Crippen LogP contribution in [0.3, 0.4) is 0 Å². The van der Waals surface area contributed by atoms with Crippen LogP contribution < -0.4 is 5.32 Å². The Morgan fingerprint density at radius 2 is 2.33 bits per heavy atom. The lowest BCUT2D eigenvalue weighted by molar-refractivity contribution is -0.116. The molecular formula is C15H20ClNO3S. The summed E-state index contributed by atoms with van der Waals surface area (Å²) in [6.45, 7) is 0.807. The van der Waals surface area contributed by atoms with Crippen molar-refractivity contribution in [1.29, 1.82) is 0 Å². The highest BCUT2D eigenvalue weighted by atomic mass is 35.5. The summed E-state index contributed by atoms with van der Waals surface area (Å²) in [5, 5.41) is 3.43. The van der Waals surface area contributed by atoms with Gasteiger partial charge in [0.05, 0.1) is 6.10 Å². The fraction of sp³-hybridized carbons (Fsp3) is 0.533. The highest BCUT2D eigenvalue weighted by molar-refractivity contribution is 7.83. The minimum absolute atomic E-state index is 0.0311. The number of carbonyl (C=O) groups is 1. The van der Waals surface area contributed by atoms with E-state index in [0.29, 0.717) is 22.9 Å². The molecule has 1 aromatic carbocycles. The average Bonchev–Trinajstić information content (AvgIpc) is 2.93. The molecule has 1 saturated heterocycles. The summed E-state index contributed by atoms with van der Waals surface area (Å²) in [4.78, 5) is 11.9. The first kappa shape index (κ1) is 16.5. The van der Waals surface area contributed by atoms with Gasteiger partial charge in [0.25, 0.3) is 0 Å². The maximum absolute atomic E-state index is 11.9. The SMILES string of the molecule is C[S@@](=O)Cc1cc(NC(=O)CC[C@@H]2CCCO2)ccc1Cl. The molecule has 2 atom stereocenters. The van der Waals surface area contributed by atoms with Gasteiger partial charge < -0.3 is 10.1 Å². The van der Waals surface area contributed by atoms with Crippen molar-refractivity contribution in [1.82, 2.24) is 0 Å². The molecule has 0 aromatic heterocycles. The zero-order valence-electron chi connectivity index (χ0n) is 12.1. The maximum atomic E-state index is 11.9. The molecule has 21 heavy (non-hydrogen) atoms. The third-order valence-electron chi connectivity index (χ3n) is 3.41. The zero-order chi connectivity index (χ0) is 15.2. The Labute approximate surface area is 132 Å². The molecule has 0 spiro atoms. The lowest BCUT2D eigenvalue weighted by atomic mass is 10.1. The Balaban J connectivity index is 1.89. The minimum Gasteiger partial charge on any atom is -0.378 e. The van der Waals surface area contributed by atoms with Gasteiger partial charge >= 0.3 is 0 Å². The molecule has 1 aromatic rings. The highest BCUT2D eigenvalue weighted by Crippen LogP contribution is 2.22. The van der Waals surface area contributed by atoms with Gasteiger partial charge in [0.2, 0.25) is 5.91 Å². The molecule has 0 saturated carbocycles. The molecule has 1 aliphatic heterocycles. The van der Waals surface area contributed by atoms with Gasteiger partial charge in [-0.15, -0.1) is 0 Å². The van der Waals surface area contributed by atoms with Crippen molar-refractivity contribution in [3.63, 3.8) is 0 Å². The van der Waals surface area contributed by atoms with E-state index < -0.39 is 10.8 Å². The van der Waals surface area contributed by atoms with Crippen molar-refractivity contribution in [2.45, 2.75) is 37.5 Å². The van der Waals surface area contributed by atoms with Gasteiger partial charge in [-0.05, 0) is 43.0 Å². The molecule has 1 N–H and O–H groups in total. The van der Waals surface area contributed by atoms with Crippen LogP contribution >= 0.6 is 11.6 Å².